The minimum atomic E-state index is -3.50. The molecule has 1 aliphatic rings. The lowest BCUT2D eigenvalue weighted by Crippen LogP contribution is -2.37. The van der Waals surface area contributed by atoms with Crippen molar-refractivity contribution in [2.75, 3.05) is 19.0 Å². The van der Waals surface area contributed by atoms with Gasteiger partial charge < -0.3 is 15.6 Å². The summed E-state index contributed by atoms with van der Waals surface area (Å²) in [5.74, 6) is -3.63. The fraction of sp³-hybridized carbons (Fsp3) is 0.600. The molecule has 0 unspecified atom stereocenters. The van der Waals surface area contributed by atoms with E-state index in [-0.39, 0.29) is 5.82 Å². The Labute approximate surface area is 105 Å². The van der Waals surface area contributed by atoms with Crippen molar-refractivity contribution in [3.05, 3.63) is 22.7 Å². The third kappa shape index (κ3) is 2.30. The van der Waals surface area contributed by atoms with E-state index in [0.717, 1.165) is 12.3 Å². The number of aliphatic hydroxyl groups excluding tert-OH is 1. The first-order valence-corrected chi connectivity index (χ1v) is 5.41. The average molecular weight is 279 g/mol. The van der Waals surface area contributed by atoms with Gasteiger partial charge in [0.25, 0.3) is 5.92 Å². The summed E-state index contributed by atoms with van der Waals surface area (Å²) in [6.45, 7) is -2.19. The van der Waals surface area contributed by atoms with Crippen LogP contribution >= 0.6 is 0 Å². The molecule has 0 aliphatic carbocycles. The number of aliphatic hydroxyl groups is 1. The SMILES string of the molecule is Nc1ccn([C@@H]2O[C@@](CO)(CF)CC2(F)F)c(=O)n1. The molecule has 0 aromatic carbocycles. The molecule has 2 rings (SSSR count). The summed E-state index contributed by atoms with van der Waals surface area (Å²) in [5, 5.41) is 9.01. The highest BCUT2D eigenvalue weighted by Crippen LogP contribution is 2.47. The number of hydrogen-bond donors (Lipinski definition) is 2. The Kier molecular flexibility index (Phi) is 3.27. The maximum atomic E-state index is 13.8. The van der Waals surface area contributed by atoms with Crippen LogP contribution in [0.25, 0.3) is 0 Å². The number of aromatic nitrogens is 2. The van der Waals surface area contributed by atoms with E-state index in [1.54, 1.807) is 0 Å². The predicted octanol–water partition coefficient (Wildman–Crippen LogP) is 0.0803. The lowest BCUT2D eigenvalue weighted by atomic mass is 10.0. The maximum Gasteiger partial charge on any atom is 0.351 e. The summed E-state index contributed by atoms with van der Waals surface area (Å²) < 4.78 is 45.9. The van der Waals surface area contributed by atoms with E-state index < -0.39 is 43.1 Å². The second kappa shape index (κ2) is 4.49. The Balaban J connectivity index is 2.42. The molecule has 0 bridgehead atoms. The molecular formula is C10H12F3N3O3. The number of hydrogen-bond acceptors (Lipinski definition) is 5. The van der Waals surface area contributed by atoms with Gasteiger partial charge >= 0.3 is 5.69 Å². The van der Waals surface area contributed by atoms with Crippen molar-refractivity contribution in [3.63, 3.8) is 0 Å². The first kappa shape index (κ1) is 13.8. The molecule has 1 aromatic rings. The van der Waals surface area contributed by atoms with Crippen LogP contribution in [-0.4, -0.2) is 39.5 Å². The van der Waals surface area contributed by atoms with Gasteiger partial charge in [0.1, 0.15) is 18.1 Å². The fourth-order valence-electron chi connectivity index (χ4n) is 1.96. The van der Waals surface area contributed by atoms with Gasteiger partial charge in [-0.05, 0) is 6.07 Å². The second-order valence-corrected chi connectivity index (χ2v) is 4.43. The number of rotatable bonds is 3. The van der Waals surface area contributed by atoms with Gasteiger partial charge in [-0.1, -0.05) is 0 Å². The molecule has 2 atom stereocenters. The lowest BCUT2D eigenvalue weighted by molar-refractivity contribution is -0.148. The summed E-state index contributed by atoms with van der Waals surface area (Å²) in [7, 11) is 0. The van der Waals surface area contributed by atoms with E-state index in [2.05, 4.69) is 4.98 Å². The van der Waals surface area contributed by atoms with Crippen molar-refractivity contribution < 1.29 is 23.0 Å². The number of ether oxygens (including phenoxy) is 1. The average Bonchev–Trinajstić information content (AvgIpc) is 2.62. The highest BCUT2D eigenvalue weighted by atomic mass is 19.3. The molecule has 9 heteroatoms. The topological polar surface area (TPSA) is 90.4 Å². The predicted molar refractivity (Wildman–Crippen MR) is 58.4 cm³/mol. The van der Waals surface area contributed by atoms with Crippen molar-refractivity contribution in [3.8, 4) is 0 Å². The van der Waals surface area contributed by atoms with Gasteiger partial charge in [-0.3, -0.25) is 4.57 Å². The number of anilines is 1. The molecule has 1 aromatic heterocycles. The summed E-state index contributed by atoms with van der Waals surface area (Å²) in [6, 6.07) is 1.15. The Hall–Kier alpha value is -1.61. The van der Waals surface area contributed by atoms with Crippen LogP contribution in [0.5, 0.6) is 0 Å². The highest BCUT2D eigenvalue weighted by Gasteiger charge is 2.59. The molecule has 2 heterocycles. The molecule has 1 fully saturated rings. The molecule has 106 valence electrons. The second-order valence-electron chi connectivity index (χ2n) is 4.43. The molecule has 1 saturated heterocycles. The summed E-state index contributed by atoms with van der Waals surface area (Å²) in [4.78, 5) is 14.8. The number of nitrogen functional groups attached to an aromatic ring is 1. The molecule has 0 radical (unpaired) electrons. The smallest absolute Gasteiger partial charge is 0.351 e. The van der Waals surface area contributed by atoms with Crippen LogP contribution in [0.3, 0.4) is 0 Å². The van der Waals surface area contributed by atoms with Crippen LogP contribution in [0.1, 0.15) is 12.6 Å². The summed E-state index contributed by atoms with van der Waals surface area (Å²) >= 11 is 0. The van der Waals surface area contributed by atoms with E-state index in [1.165, 1.54) is 0 Å². The van der Waals surface area contributed by atoms with Gasteiger partial charge in [0.15, 0.2) is 0 Å². The standard InChI is InChI=1S/C10H12F3N3O3/c11-4-9(5-17)3-10(12,13)7(19-9)16-2-1-6(14)15-8(16)18/h1-2,7,17H,3-5H2,(H2,14,15,18)/t7-,9-/m1/s1. The van der Waals surface area contributed by atoms with Gasteiger partial charge in [-0.15, -0.1) is 0 Å². The van der Waals surface area contributed by atoms with Crippen molar-refractivity contribution in [2.45, 2.75) is 24.2 Å². The van der Waals surface area contributed by atoms with E-state index in [1.807, 2.05) is 0 Å². The first-order valence-electron chi connectivity index (χ1n) is 5.41. The molecule has 1 aliphatic heterocycles. The van der Waals surface area contributed by atoms with Crippen molar-refractivity contribution in [1.82, 2.24) is 9.55 Å². The zero-order valence-corrected chi connectivity index (χ0v) is 9.72. The van der Waals surface area contributed by atoms with E-state index >= 15 is 0 Å². The maximum absolute atomic E-state index is 13.8. The van der Waals surface area contributed by atoms with Gasteiger partial charge in [0.2, 0.25) is 6.23 Å². The zero-order chi connectivity index (χ0) is 14.3. The first-order chi connectivity index (χ1) is 8.83. The van der Waals surface area contributed by atoms with Crippen molar-refractivity contribution in [2.24, 2.45) is 0 Å². The fourth-order valence-corrected chi connectivity index (χ4v) is 1.96. The summed E-state index contributed by atoms with van der Waals surface area (Å²) in [5.41, 5.74) is 2.21. The van der Waals surface area contributed by atoms with Crippen LogP contribution in [0.15, 0.2) is 17.1 Å². The van der Waals surface area contributed by atoms with E-state index in [9.17, 15) is 18.0 Å². The van der Waals surface area contributed by atoms with Crippen molar-refractivity contribution >= 4 is 5.82 Å². The molecule has 3 N–H and O–H groups in total. The Morgan fingerprint density at radius 1 is 1.63 bits per heavy atom. The molecule has 0 saturated carbocycles. The third-order valence-corrected chi connectivity index (χ3v) is 2.92. The van der Waals surface area contributed by atoms with Gasteiger partial charge in [-0.25, -0.2) is 18.0 Å². The number of halogens is 3. The van der Waals surface area contributed by atoms with E-state index in [0.29, 0.717) is 4.57 Å². The Morgan fingerprint density at radius 3 is 2.79 bits per heavy atom. The minimum Gasteiger partial charge on any atom is -0.393 e. The molecule has 0 amide bonds. The quantitative estimate of drug-likeness (QED) is 0.817. The van der Waals surface area contributed by atoms with Crippen molar-refractivity contribution in [1.29, 1.82) is 0 Å². The highest BCUT2D eigenvalue weighted by molar-refractivity contribution is 5.23. The zero-order valence-electron chi connectivity index (χ0n) is 9.72. The van der Waals surface area contributed by atoms with Crippen LogP contribution in [0.2, 0.25) is 0 Å². The normalized spacial score (nSPS) is 29.6. The number of nitrogens with two attached hydrogens (primary N) is 1. The van der Waals surface area contributed by atoms with Crippen LogP contribution in [-0.2, 0) is 4.74 Å². The summed E-state index contributed by atoms with van der Waals surface area (Å²) in [6.07, 6.45) is -2.04. The number of nitrogens with zero attached hydrogens (tertiary/aromatic N) is 2. The van der Waals surface area contributed by atoms with Gasteiger partial charge in [0.05, 0.1) is 13.0 Å². The third-order valence-electron chi connectivity index (χ3n) is 2.92. The van der Waals surface area contributed by atoms with Crippen LogP contribution in [0, 0.1) is 0 Å². The molecular weight excluding hydrogens is 267 g/mol. The lowest BCUT2D eigenvalue weighted by Gasteiger charge is -2.23. The number of alkyl halides is 3. The largest absolute Gasteiger partial charge is 0.393 e. The Bertz CT molecular complexity index is 530. The van der Waals surface area contributed by atoms with E-state index in [4.69, 9.17) is 15.6 Å². The van der Waals surface area contributed by atoms with Crippen LogP contribution in [0.4, 0.5) is 19.0 Å². The molecule has 0 spiro atoms. The minimum absolute atomic E-state index is 0.124. The van der Waals surface area contributed by atoms with Gasteiger partial charge in [-0.2, -0.15) is 4.98 Å². The Morgan fingerprint density at radius 2 is 2.32 bits per heavy atom. The molecule has 6 nitrogen and oxygen atoms in total. The van der Waals surface area contributed by atoms with Gasteiger partial charge in [0, 0.05) is 6.20 Å². The van der Waals surface area contributed by atoms with Crippen LogP contribution < -0.4 is 11.4 Å². The molecule has 19 heavy (non-hydrogen) atoms. The monoisotopic (exact) mass is 279 g/mol.